The summed E-state index contributed by atoms with van der Waals surface area (Å²) in [5.41, 5.74) is 8.34. The van der Waals surface area contributed by atoms with Crippen LogP contribution in [0.2, 0.25) is 0 Å². The lowest BCUT2D eigenvalue weighted by Gasteiger charge is -2.35. The highest BCUT2D eigenvalue weighted by Gasteiger charge is 2.34. The van der Waals surface area contributed by atoms with E-state index in [2.05, 4.69) is 10.6 Å². The Morgan fingerprint density at radius 2 is 1.65 bits per heavy atom. The molecule has 0 aromatic heterocycles. The molecule has 2 aliphatic rings. The average molecular weight is 345 g/mol. The van der Waals surface area contributed by atoms with Gasteiger partial charge in [-0.3, -0.25) is 14.9 Å². The van der Waals surface area contributed by atoms with Crippen LogP contribution in [0.15, 0.2) is 66.4 Å². The van der Waals surface area contributed by atoms with E-state index in [1.807, 2.05) is 31.3 Å². The summed E-state index contributed by atoms with van der Waals surface area (Å²) >= 11 is 0. The molecule has 0 saturated carbocycles. The van der Waals surface area contributed by atoms with Crippen molar-refractivity contribution in [2.45, 2.75) is 12.1 Å². The SMILES string of the molecule is CNC1(Nc2cccc3c2C(=O)c2ccccc2C3=O)C=CC(N)=CC1. The molecule has 130 valence electrons. The Morgan fingerprint density at radius 3 is 2.31 bits per heavy atom. The number of anilines is 1. The van der Waals surface area contributed by atoms with Crippen molar-refractivity contribution in [3.05, 3.63) is 88.6 Å². The van der Waals surface area contributed by atoms with Crippen LogP contribution in [0.1, 0.15) is 38.3 Å². The fraction of sp³-hybridized carbons (Fsp3) is 0.143. The van der Waals surface area contributed by atoms with Crippen molar-refractivity contribution in [1.82, 2.24) is 5.32 Å². The lowest BCUT2D eigenvalue weighted by atomic mass is 9.83. The molecule has 1 unspecified atom stereocenters. The van der Waals surface area contributed by atoms with Crippen LogP contribution in [0.5, 0.6) is 0 Å². The summed E-state index contributed by atoms with van der Waals surface area (Å²) in [5, 5.41) is 6.65. The molecule has 5 heteroatoms. The molecule has 2 aliphatic carbocycles. The minimum atomic E-state index is -0.571. The zero-order chi connectivity index (χ0) is 18.3. The number of nitrogens with two attached hydrogens (primary N) is 1. The topological polar surface area (TPSA) is 84.2 Å². The highest BCUT2D eigenvalue weighted by molar-refractivity contribution is 6.30. The largest absolute Gasteiger partial charge is 0.399 e. The van der Waals surface area contributed by atoms with Crippen molar-refractivity contribution < 1.29 is 9.59 Å². The number of allylic oxidation sites excluding steroid dienone is 1. The fourth-order valence-corrected chi connectivity index (χ4v) is 3.48. The summed E-state index contributed by atoms with van der Waals surface area (Å²) in [4.78, 5) is 26.0. The van der Waals surface area contributed by atoms with Crippen molar-refractivity contribution in [2.75, 3.05) is 12.4 Å². The average Bonchev–Trinajstić information content (AvgIpc) is 2.68. The van der Waals surface area contributed by atoms with Gasteiger partial charge in [-0.1, -0.05) is 42.5 Å². The van der Waals surface area contributed by atoms with Crippen molar-refractivity contribution >= 4 is 17.3 Å². The third-order valence-electron chi connectivity index (χ3n) is 4.98. The van der Waals surface area contributed by atoms with Crippen LogP contribution >= 0.6 is 0 Å². The minimum Gasteiger partial charge on any atom is -0.399 e. The number of ketones is 2. The molecular weight excluding hydrogens is 326 g/mol. The lowest BCUT2D eigenvalue weighted by Crippen LogP contribution is -2.49. The molecule has 0 spiro atoms. The molecule has 0 saturated heterocycles. The van der Waals surface area contributed by atoms with Crippen LogP contribution in [0.3, 0.4) is 0 Å². The molecule has 0 radical (unpaired) electrons. The van der Waals surface area contributed by atoms with Crippen LogP contribution in [0.4, 0.5) is 5.69 Å². The van der Waals surface area contributed by atoms with Gasteiger partial charge in [-0.25, -0.2) is 0 Å². The number of hydrogen-bond acceptors (Lipinski definition) is 5. The van der Waals surface area contributed by atoms with Gasteiger partial charge in [0.2, 0.25) is 0 Å². The van der Waals surface area contributed by atoms with Gasteiger partial charge in [0, 0.05) is 34.5 Å². The standard InChI is InChI=1S/C21H19N3O2/c1-23-21(11-9-13(22)10-12-21)24-17-8-4-7-16-18(17)20(26)15-6-3-2-5-14(15)19(16)25/h2-11,23-24H,12,22H2,1H3. The summed E-state index contributed by atoms with van der Waals surface area (Å²) in [7, 11) is 1.84. The van der Waals surface area contributed by atoms with Crippen molar-refractivity contribution in [1.29, 1.82) is 0 Å². The van der Waals surface area contributed by atoms with E-state index in [1.54, 1.807) is 36.4 Å². The maximum atomic E-state index is 13.1. The predicted octanol–water partition coefficient (Wildman–Crippen LogP) is 2.59. The second kappa shape index (κ2) is 5.97. The van der Waals surface area contributed by atoms with Gasteiger partial charge < -0.3 is 11.1 Å². The first-order valence-corrected chi connectivity index (χ1v) is 8.48. The molecule has 26 heavy (non-hydrogen) atoms. The second-order valence-corrected chi connectivity index (χ2v) is 6.52. The first-order chi connectivity index (χ1) is 12.5. The highest BCUT2D eigenvalue weighted by Crippen LogP contribution is 2.34. The number of hydrogen-bond donors (Lipinski definition) is 3. The third kappa shape index (κ3) is 2.45. The normalized spacial score (nSPS) is 21.0. The minimum absolute atomic E-state index is 0.124. The van der Waals surface area contributed by atoms with Gasteiger partial charge in [0.1, 0.15) is 5.66 Å². The van der Waals surface area contributed by atoms with Gasteiger partial charge in [-0.2, -0.15) is 0 Å². The fourth-order valence-electron chi connectivity index (χ4n) is 3.48. The maximum Gasteiger partial charge on any atom is 0.196 e. The highest BCUT2D eigenvalue weighted by atomic mass is 16.1. The van der Waals surface area contributed by atoms with Crippen LogP contribution < -0.4 is 16.4 Å². The van der Waals surface area contributed by atoms with E-state index in [9.17, 15) is 9.59 Å². The van der Waals surface area contributed by atoms with Gasteiger partial charge in [0.15, 0.2) is 11.6 Å². The molecule has 0 bridgehead atoms. The Labute approximate surface area is 151 Å². The Kier molecular flexibility index (Phi) is 3.74. The zero-order valence-electron chi connectivity index (χ0n) is 14.4. The van der Waals surface area contributed by atoms with Crippen LogP contribution in [0.25, 0.3) is 0 Å². The predicted molar refractivity (Wildman–Crippen MR) is 101 cm³/mol. The lowest BCUT2D eigenvalue weighted by molar-refractivity contribution is 0.0979. The van der Waals surface area contributed by atoms with E-state index in [-0.39, 0.29) is 11.6 Å². The van der Waals surface area contributed by atoms with Crippen LogP contribution in [-0.4, -0.2) is 24.3 Å². The first-order valence-electron chi connectivity index (χ1n) is 8.48. The Hall–Kier alpha value is -3.18. The van der Waals surface area contributed by atoms with Gasteiger partial charge in [-0.05, 0) is 25.3 Å². The number of fused-ring (bicyclic) bond motifs is 2. The number of rotatable bonds is 3. The molecule has 2 aromatic carbocycles. The molecule has 4 rings (SSSR count). The summed E-state index contributed by atoms with van der Waals surface area (Å²) in [6, 6.07) is 12.3. The van der Waals surface area contributed by atoms with Gasteiger partial charge in [-0.15, -0.1) is 0 Å². The molecule has 5 nitrogen and oxygen atoms in total. The van der Waals surface area contributed by atoms with Crippen molar-refractivity contribution in [2.24, 2.45) is 5.73 Å². The quantitative estimate of drug-likeness (QED) is 0.636. The molecular formula is C21H19N3O2. The van der Waals surface area contributed by atoms with Crippen molar-refractivity contribution in [3.8, 4) is 0 Å². The monoisotopic (exact) mass is 345 g/mol. The third-order valence-corrected chi connectivity index (χ3v) is 4.98. The van der Waals surface area contributed by atoms with E-state index in [0.717, 1.165) is 0 Å². The van der Waals surface area contributed by atoms with E-state index in [4.69, 9.17) is 5.73 Å². The summed E-state index contributed by atoms with van der Waals surface area (Å²) in [6.45, 7) is 0. The van der Waals surface area contributed by atoms with Gasteiger partial charge in [0.05, 0.1) is 5.56 Å². The molecule has 1 atom stereocenters. The van der Waals surface area contributed by atoms with E-state index in [1.165, 1.54) is 0 Å². The van der Waals surface area contributed by atoms with E-state index >= 15 is 0 Å². The number of nitrogens with one attached hydrogen (secondary N) is 2. The summed E-state index contributed by atoms with van der Waals surface area (Å²) in [5.74, 6) is -0.264. The Bertz CT molecular complexity index is 991. The molecule has 0 heterocycles. The zero-order valence-corrected chi connectivity index (χ0v) is 14.4. The molecule has 2 aromatic rings. The molecule has 0 amide bonds. The number of benzene rings is 2. The Morgan fingerprint density at radius 1 is 0.962 bits per heavy atom. The number of carbonyl (C=O) groups is 2. The summed E-state index contributed by atoms with van der Waals surface area (Å²) < 4.78 is 0. The smallest absolute Gasteiger partial charge is 0.196 e. The maximum absolute atomic E-state index is 13.1. The number of likely N-dealkylation sites (N-methyl/N-ethyl adjacent to an activating group) is 1. The van der Waals surface area contributed by atoms with E-state index < -0.39 is 5.66 Å². The number of carbonyl (C=O) groups excluding carboxylic acids is 2. The van der Waals surface area contributed by atoms with Crippen LogP contribution in [0, 0.1) is 0 Å². The van der Waals surface area contributed by atoms with Gasteiger partial charge >= 0.3 is 0 Å². The van der Waals surface area contributed by atoms with Crippen molar-refractivity contribution in [3.63, 3.8) is 0 Å². The molecule has 0 aliphatic heterocycles. The molecule has 0 fully saturated rings. The second-order valence-electron chi connectivity index (χ2n) is 6.52. The van der Waals surface area contributed by atoms with Crippen LogP contribution in [-0.2, 0) is 0 Å². The first kappa shape index (κ1) is 16.3. The summed E-state index contributed by atoms with van der Waals surface area (Å²) in [6.07, 6.45) is 6.30. The molecule has 4 N–H and O–H groups in total. The Balaban J connectivity index is 1.80. The van der Waals surface area contributed by atoms with E-state index in [0.29, 0.717) is 40.1 Å². The van der Waals surface area contributed by atoms with Gasteiger partial charge in [0.25, 0.3) is 0 Å².